The molecule has 0 fully saturated rings. The smallest absolute Gasteiger partial charge is 0.270 e. The molecule has 0 amide bonds. The molecule has 2 rings (SSSR count). The Bertz CT molecular complexity index is 812. The van der Waals surface area contributed by atoms with Crippen molar-refractivity contribution in [3.05, 3.63) is 34.1 Å². The number of ether oxygens (including phenoxy) is 2. The monoisotopic (exact) mass is 345 g/mol. The zero-order valence-corrected chi connectivity index (χ0v) is 14.7. The van der Waals surface area contributed by atoms with Crippen LogP contribution >= 0.6 is 11.8 Å². The summed E-state index contributed by atoms with van der Waals surface area (Å²) in [6.07, 6.45) is 3.69. The van der Waals surface area contributed by atoms with Crippen molar-refractivity contribution < 1.29 is 9.47 Å². The number of nitrogens with zero attached hydrogens (tertiary/aromatic N) is 2. The number of para-hydroxylation sites is 1. The minimum atomic E-state index is -0.464. The van der Waals surface area contributed by atoms with Crippen LogP contribution in [0.4, 0.5) is 0 Å². The fraction of sp³-hybridized carbons (Fsp3) is 0.353. The van der Waals surface area contributed by atoms with Crippen LogP contribution in [0.5, 0.6) is 11.5 Å². The summed E-state index contributed by atoms with van der Waals surface area (Å²) in [4.78, 5) is 19.1. The Morgan fingerprint density at radius 2 is 2.21 bits per heavy atom. The van der Waals surface area contributed by atoms with E-state index in [0.717, 1.165) is 12.8 Å². The highest BCUT2D eigenvalue weighted by Crippen LogP contribution is 2.38. The highest BCUT2D eigenvalue weighted by Gasteiger charge is 2.19. The fourth-order valence-corrected chi connectivity index (χ4v) is 2.56. The first-order valence-electron chi connectivity index (χ1n) is 7.54. The van der Waals surface area contributed by atoms with Gasteiger partial charge >= 0.3 is 0 Å². The fourth-order valence-electron chi connectivity index (χ4n) is 2.18. The number of methoxy groups -OCH3 is 1. The van der Waals surface area contributed by atoms with Gasteiger partial charge in [-0.25, -0.2) is 4.98 Å². The SMILES string of the molecule is CCCCOc1c(OC)cccc1-c1nc(SC)[nH]c(=O)c1C#N. The van der Waals surface area contributed by atoms with Crippen LogP contribution in [-0.4, -0.2) is 29.9 Å². The van der Waals surface area contributed by atoms with Crippen molar-refractivity contribution in [1.82, 2.24) is 9.97 Å². The van der Waals surface area contributed by atoms with Crippen LogP contribution < -0.4 is 15.0 Å². The highest BCUT2D eigenvalue weighted by molar-refractivity contribution is 7.98. The topological polar surface area (TPSA) is 88.0 Å². The van der Waals surface area contributed by atoms with E-state index in [1.165, 1.54) is 11.8 Å². The molecule has 0 unspecified atom stereocenters. The van der Waals surface area contributed by atoms with E-state index in [-0.39, 0.29) is 5.56 Å². The molecule has 7 heteroatoms. The number of unbranched alkanes of at least 4 members (excludes halogenated alkanes) is 1. The molecule has 24 heavy (non-hydrogen) atoms. The molecule has 1 aromatic carbocycles. The molecule has 2 aromatic rings. The van der Waals surface area contributed by atoms with E-state index in [4.69, 9.17) is 9.47 Å². The molecule has 0 spiro atoms. The third-order valence-electron chi connectivity index (χ3n) is 3.40. The van der Waals surface area contributed by atoms with Gasteiger partial charge in [-0.05, 0) is 24.8 Å². The normalized spacial score (nSPS) is 10.2. The maximum atomic E-state index is 12.1. The number of aromatic nitrogens is 2. The van der Waals surface area contributed by atoms with Crippen molar-refractivity contribution in [2.45, 2.75) is 24.9 Å². The van der Waals surface area contributed by atoms with Gasteiger partial charge in [-0.2, -0.15) is 5.26 Å². The Labute approximate surface area is 144 Å². The van der Waals surface area contributed by atoms with Crippen LogP contribution in [0, 0.1) is 11.3 Å². The molecule has 0 aliphatic rings. The summed E-state index contributed by atoms with van der Waals surface area (Å²) in [6.45, 7) is 2.59. The number of hydrogen-bond acceptors (Lipinski definition) is 6. The molecule has 126 valence electrons. The van der Waals surface area contributed by atoms with Crippen molar-refractivity contribution in [2.75, 3.05) is 20.0 Å². The Morgan fingerprint density at radius 1 is 1.42 bits per heavy atom. The predicted octanol–water partition coefficient (Wildman–Crippen LogP) is 3.22. The average molecular weight is 345 g/mol. The van der Waals surface area contributed by atoms with E-state index in [2.05, 4.69) is 16.9 Å². The highest BCUT2D eigenvalue weighted by atomic mass is 32.2. The second-order valence-corrected chi connectivity index (χ2v) is 5.74. The van der Waals surface area contributed by atoms with Crippen LogP contribution in [0.25, 0.3) is 11.3 Å². The third-order valence-corrected chi connectivity index (χ3v) is 3.98. The second-order valence-electron chi connectivity index (χ2n) is 4.95. The Hall–Kier alpha value is -2.46. The van der Waals surface area contributed by atoms with Gasteiger partial charge in [0.1, 0.15) is 17.3 Å². The second kappa shape index (κ2) is 8.41. The first-order chi connectivity index (χ1) is 11.7. The number of aromatic amines is 1. The minimum Gasteiger partial charge on any atom is -0.493 e. The number of hydrogen-bond donors (Lipinski definition) is 1. The summed E-state index contributed by atoms with van der Waals surface area (Å²) in [5.41, 5.74) is 0.370. The van der Waals surface area contributed by atoms with Gasteiger partial charge in [-0.3, -0.25) is 4.79 Å². The summed E-state index contributed by atoms with van der Waals surface area (Å²) in [5.74, 6) is 1.04. The molecule has 0 bridgehead atoms. The molecule has 0 aliphatic heterocycles. The lowest BCUT2D eigenvalue weighted by Crippen LogP contribution is -2.15. The molecule has 1 aromatic heterocycles. The number of rotatable bonds is 7. The Balaban J connectivity index is 2.66. The van der Waals surface area contributed by atoms with Crippen molar-refractivity contribution >= 4 is 11.8 Å². The van der Waals surface area contributed by atoms with Crippen LogP contribution in [0.15, 0.2) is 28.2 Å². The van der Waals surface area contributed by atoms with Gasteiger partial charge in [0.05, 0.1) is 13.7 Å². The van der Waals surface area contributed by atoms with Gasteiger partial charge in [0, 0.05) is 5.56 Å². The van der Waals surface area contributed by atoms with Crippen molar-refractivity contribution in [2.24, 2.45) is 0 Å². The number of benzene rings is 1. The quantitative estimate of drug-likeness (QED) is 0.471. The van der Waals surface area contributed by atoms with E-state index >= 15 is 0 Å². The van der Waals surface area contributed by atoms with Crippen molar-refractivity contribution in [3.63, 3.8) is 0 Å². The summed E-state index contributed by atoms with van der Waals surface area (Å²) < 4.78 is 11.2. The van der Waals surface area contributed by atoms with Crippen LogP contribution in [0.3, 0.4) is 0 Å². The van der Waals surface area contributed by atoms with E-state index < -0.39 is 5.56 Å². The molecule has 0 saturated carbocycles. The predicted molar refractivity (Wildman–Crippen MR) is 93.7 cm³/mol. The zero-order chi connectivity index (χ0) is 17.5. The number of H-pyrrole nitrogens is 1. The first-order valence-corrected chi connectivity index (χ1v) is 8.77. The number of nitrogens with one attached hydrogen (secondary N) is 1. The summed E-state index contributed by atoms with van der Waals surface area (Å²) in [5, 5.41) is 9.81. The molecule has 1 N–H and O–H groups in total. The van der Waals surface area contributed by atoms with Gasteiger partial charge < -0.3 is 14.5 Å². The summed E-state index contributed by atoms with van der Waals surface area (Å²) in [6, 6.07) is 7.27. The third kappa shape index (κ3) is 3.71. The largest absolute Gasteiger partial charge is 0.493 e. The Morgan fingerprint density at radius 3 is 2.83 bits per heavy atom. The number of thioether (sulfide) groups is 1. The van der Waals surface area contributed by atoms with Crippen molar-refractivity contribution in [1.29, 1.82) is 5.26 Å². The van der Waals surface area contributed by atoms with E-state index in [1.54, 1.807) is 31.6 Å². The van der Waals surface area contributed by atoms with E-state index in [0.29, 0.717) is 34.5 Å². The van der Waals surface area contributed by atoms with Gasteiger partial charge in [0.2, 0.25) is 0 Å². The van der Waals surface area contributed by atoms with Crippen LogP contribution in [0.2, 0.25) is 0 Å². The lowest BCUT2D eigenvalue weighted by atomic mass is 10.1. The molecule has 0 radical (unpaired) electrons. The molecule has 0 aliphatic carbocycles. The lowest BCUT2D eigenvalue weighted by molar-refractivity contribution is 0.289. The van der Waals surface area contributed by atoms with Gasteiger partial charge in [-0.1, -0.05) is 31.2 Å². The lowest BCUT2D eigenvalue weighted by Gasteiger charge is -2.15. The van der Waals surface area contributed by atoms with Crippen molar-refractivity contribution in [3.8, 4) is 28.8 Å². The van der Waals surface area contributed by atoms with Gasteiger partial charge in [0.15, 0.2) is 16.7 Å². The van der Waals surface area contributed by atoms with E-state index in [1.807, 2.05) is 6.07 Å². The number of nitriles is 1. The molecule has 1 heterocycles. The van der Waals surface area contributed by atoms with Crippen LogP contribution in [-0.2, 0) is 0 Å². The van der Waals surface area contributed by atoms with Gasteiger partial charge in [-0.15, -0.1) is 0 Å². The molecule has 0 atom stereocenters. The van der Waals surface area contributed by atoms with Gasteiger partial charge in [0.25, 0.3) is 5.56 Å². The molecular formula is C17H19N3O3S. The first kappa shape index (κ1) is 17.9. The Kier molecular flexibility index (Phi) is 6.27. The van der Waals surface area contributed by atoms with Crippen LogP contribution in [0.1, 0.15) is 25.3 Å². The molecular weight excluding hydrogens is 326 g/mol. The van der Waals surface area contributed by atoms with E-state index in [9.17, 15) is 10.1 Å². The maximum Gasteiger partial charge on any atom is 0.270 e. The average Bonchev–Trinajstić information content (AvgIpc) is 2.61. The minimum absolute atomic E-state index is 0.0404. The standard InChI is InChI=1S/C17H19N3O3S/c1-4-5-9-23-15-11(7-6-8-13(15)22-2)14-12(10-18)16(21)20-17(19-14)24-3/h6-8H,4-5,9H2,1-3H3,(H,19,20,21). The molecule has 0 saturated heterocycles. The maximum absolute atomic E-state index is 12.1. The zero-order valence-electron chi connectivity index (χ0n) is 13.9. The summed E-state index contributed by atoms with van der Waals surface area (Å²) in [7, 11) is 1.55. The summed E-state index contributed by atoms with van der Waals surface area (Å²) >= 11 is 1.30. The molecule has 6 nitrogen and oxygen atoms in total.